The zero-order valence-corrected chi connectivity index (χ0v) is 12.4. The standard InChI is InChI=1S/C16H26N2O/c1-4-13(3)12-18(5-2)16(19)15-9-7-6-8-14(15)10-11-17/h6-9,13H,4-5,10-12,17H2,1-3H3. The van der Waals surface area contributed by atoms with E-state index in [-0.39, 0.29) is 5.91 Å². The third-order valence-electron chi connectivity index (χ3n) is 3.56. The molecular weight excluding hydrogens is 236 g/mol. The lowest BCUT2D eigenvalue weighted by Gasteiger charge is -2.25. The van der Waals surface area contributed by atoms with Crippen LogP contribution in [-0.4, -0.2) is 30.4 Å². The molecule has 0 aliphatic heterocycles. The molecule has 0 saturated heterocycles. The molecule has 1 atom stereocenters. The van der Waals surface area contributed by atoms with Crippen molar-refractivity contribution in [3.63, 3.8) is 0 Å². The molecule has 0 radical (unpaired) electrons. The molecule has 0 bridgehead atoms. The van der Waals surface area contributed by atoms with Crippen LogP contribution in [0.4, 0.5) is 0 Å². The van der Waals surface area contributed by atoms with Crippen molar-refractivity contribution in [1.29, 1.82) is 0 Å². The molecule has 1 amide bonds. The van der Waals surface area contributed by atoms with Crippen LogP contribution in [0.15, 0.2) is 24.3 Å². The minimum atomic E-state index is 0.131. The highest BCUT2D eigenvalue weighted by molar-refractivity contribution is 5.95. The average Bonchev–Trinajstić information content (AvgIpc) is 2.44. The molecular formula is C16H26N2O. The van der Waals surface area contributed by atoms with Gasteiger partial charge in [0.15, 0.2) is 0 Å². The van der Waals surface area contributed by atoms with Gasteiger partial charge in [-0.1, -0.05) is 38.5 Å². The molecule has 0 fully saturated rings. The Balaban J connectivity index is 2.90. The number of rotatable bonds is 7. The van der Waals surface area contributed by atoms with Gasteiger partial charge in [-0.2, -0.15) is 0 Å². The summed E-state index contributed by atoms with van der Waals surface area (Å²) < 4.78 is 0. The lowest BCUT2D eigenvalue weighted by molar-refractivity contribution is 0.0740. The summed E-state index contributed by atoms with van der Waals surface area (Å²) in [7, 11) is 0. The van der Waals surface area contributed by atoms with E-state index in [0.29, 0.717) is 12.5 Å². The molecule has 106 valence electrons. The Morgan fingerprint density at radius 1 is 1.32 bits per heavy atom. The molecule has 1 aromatic rings. The van der Waals surface area contributed by atoms with Crippen molar-refractivity contribution in [3.8, 4) is 0 Å². The van der Waals surface area contributed by atoms with Crippen LogP contribution in [0.2, 0.25) is 0 Å². The molecule has 1 aromatic carbocycles. The minimum absolute atomic E-state index is 0.131. The van der Waals surface area contributed by atoms with Gasteiger partial charge in [0.25, 0.3) is 5.91 Å². The van der Waals surface area contributed by atoms with Gasteiger partial charge in [-0.15, -0.1) is 0 Å². The summed E-state index contributed by atoms with van der Waals surface area (Å²) in [5.41, 5.74) is 7.47. The van der Waals surface area contributed by atoms with Crippen LogP contribution in [0.1, 0.15) is 43.1 Å². The maximum Gasteiger partial charge on any atom is 0.254 e. The third kappa shape index (κ3) is 4.35. The van der Waals surface area contributed by atoms with E-state index in [9.17, 15) is 4.79 Å². The van der Waals surface area contributed by atoms with Crippen molar-refractivity contribution in [2.45, 2.75) is 33.6 Å². The summed E-state index contributed by atoms with van der Waals surface area (Å²) in [6, 6.07) is 7.79. The molecule has 0 spiro atoms. The molecule has 1 rings (SSSR count). The van der Waals surface area contributed by atoms with Crippen molar-refractivity contribution in [2.75, 3.05) is 19.6 Å². The Morgan fingerprint density at radius 3 is 2.58 bits per heavy atom. The van der Waals surface area contributed by atoms with Gasteiger partial charge in [-0.05, 0) is 37.4 Å². The van der Waals surface area contributed by atoms with E-state index in [1.54, 1.807) is 0 Å². The molecule has 3 heteroatoms. The third-order valence-corrected chi connectivity index (χ3v) is 3.56. The maximum absolute atomic E-state index is 12.6. The average molecular weight is 262 g/mol. The van der Waals surface area contributed by atoms with E-state index in [0.717, 1.165) is 37.1 Å². The SMILES string of the molecule is CCC(C)CN(CC)C(=O)c1ccccc1CCN. The van der Waals surface area contributed by atoms with Gasteiger partial charge < -0.3 is 10.6 Å². The highest BCUT2D eigenvalue weighted by Gasteiger charge is 2.18. The molecule has 0 heterocycles. The Morgan fingerprint density at radius 2 is 2.00 bits per heavy atom. The number of hydrogen-bond donors (Lipinski definition) is 1. The summed E-state index contributed by atoms with van der Waals surface area (Å²) >= 11 is 0. The number of carbonyl (C=O) groups is 1. The molecule has 2 N–H and O–H groups in total. The normalized spacial score (nSPS) is 12.2. The Kier molecular flexibility index (Phi) is 6.57. The maximum atomic E-state index is 12.6. The van der Waals surface area contributed by atoms with E-state index >= 15 is 0 Å². The van der Waals surface area contributed by atoms with Gasteiger partial charge in [0.05, 0.1) is 0 Å². The summed E-state index contributed by atoms with van der Waals surface area (Å²) in [6.45, 7) is 8.52. The van der Waals surface area contributed by atoms with Crippen molar-refractivity contribution in [1.82, 2.24) is 4.90 Å². The molecule has 3 nitrogen and oxygen atoms in total. The molecule has 0 aliphatic rings. The predicted octanol–water partition coefficient (Wildman–Crippen LogP) is 2.70. The second kappa shape index (κ2) is 7.95. The lowest BCUT2D eigenvalue weighted by atomic mass is 10.0. The van der Waals surface area contributed by atoms with Crippen molar-refractivity contribution < 1.29 is 4.79 Å². The summed E-state index contributed by atoms with van der Waals surface area (Å²) in [5.74, 6) is 0.664. The highest BCUT2D eigenvalue weighted by Crippen LogP contribution is 2.14. The van der Waals surface area contributed by atoms with Gasteiger partial charge >= 0.3 is 0 Å². The van der Waals surface area contributed by atoms with E-state index in [1.807, 2.05) is 36.1 Å². The van der Waals surface area contributed by atoms with E-state index in [4.69, 9.17) is 5.73 Å². The molecule has 19 heavy (non-hydrogen) atoms. The van der Waals surface area contributed by atoms with E-state index in [2.05, 4.69) is 13.8 Å². The van der Waals surface area contributed by atoms with Crippen LogP contribution in [0, 0.1) is 5.92 Å². The van der Waals surface area contributed by atoms with Gasteiger partial charge in [-0.3, -0.25) is 4.79 Å². The van der Waals surface area contributed by atoms with Gasteiger partial charge in [-0.25, -0.2) is 0 Å². The van der Waals surface area contributed by atoms with E-state index in [1.165, 1.54) is 0 Å². The summed E-state index contributed by atoms with van der Waals surface area (Å²) in [6.07, 6.45) is 1.84. The quantitative estimate of drug-likeness (QED) is 0.821. The minimum Gasteiger partial charge on any atom is -0.339 e. The number of nitrogens with two attached hydrogens (primary N) is 1. The summed E-state index contributed by atoms with van der Waals surface area (Å²) in [5, 5.41) is 0. The first kappa shape index (κ1) is 15.7. The second-order valence-corrected chi connectivity index (χ2v) is 5.05. The zero-order valence-electron chi connectivity index (χ0n) is 12.4. The topological polar surface area (TPSA) is 46.3 Å². The Labute approximate surface area is 116 Å². The first-order chi connectivity index (χ1) is 9.13. The largest absolute Gasteiger partial charge is 0.339 e. The monoisotopic (exact) mass is 262 g/mol. The van der Waals surface area contributed by atoms with Crippen LogP contribution in [-0.2, 0) is 6.42 Å². The van der Waals surface area contributed by atoms with Gasteiger partial charge in [0, 0.05) is 18.7 Å². The van der Waals surface area contributed by atoms with E-state index < -0.39 is 0 Å². The number of benzene rings is 1. The van der Waals surface area contributed by atoms with Gasteiger partial charge in [0.1, 0.15) is 0 Å². The summed E-state index contributed by atoms with van der Waals surface area (Å²) in [4.78, 5) is 14.5. The Hall–Kier alpha value is -1.35. The predicted molar refractivity (Wildman–Crippen MR) is 80.2 cm³/mol. The number of amides is 1. The van der Waals surface area contributed by atoms with Crippen molar-refractivity contribution >= 4 is 5.91 Å². The van der Waals surface area contributed by atoms with Crippen molar-refractivity contribution in [2.24, 2.45) is 11.7 Å². The number of nitrogens with zero attached hydrogens (tertiary/aromatic N) is 1. The fraction of sp³-hybridized carbons (Fsp3) is 0.562. The second-order valence-electron chi connectivity index (χ2n) is 5.05. The van der Waals surface area contributed by atoms with Crippen LogP contribution in [0.3, 0.4) is 0 Å². The Bertz CT molecular complexity index is 403. The van der Waals surface area contributed by atoms with Crippen molar-refractivity contribution in [3.05, 3.63) is 35.4 Å². The number of carbonyl (C=O) groups excluding carboxylic acids is 1. The fourth-order valence-corrected chi connectivity index (χ4v) is 2.13. The first-order valence-corrected chi connectivity index (χ1v) is 7.21. The van der Waals surface area contributed by atoms with Gasteiger partial charge in [0.2, 0.25) is 0 Å². The smallest absolute Gasteiger partial charge is 0.254 e. The first-order valence-electron chi connectivity index (χ1n) is 7.21. The fourth-order valence-electron chi connectivity index (χ4n) is 2.13. The van der Waals surface area contributed by atoms with Crippen LogP contribution < -0.4 is 5.73 Å². The highest BCUT2D eigenvalue weighted by atomic mass is 16.2. The number of hydrogen-bond acceptors (Lipinski definition) is 2. The van der Waals surface area contributed by atoms with Crippen LogP contribution in [0.5, 0.6) is 0 Å². The molecule has 1 unspecified atom stereocenters. The zero-order chi connectivity index (χ0) is 14.3. The van der Waals surface area contributed by atoms with Crippen LogP contribution in [0.25, 0.3) is 0 Å². The van der Waals surface area contributed by atoms with Crippen LogP contribution >= 0.6 is 0 Å². The molecule has 0 saturated carbocycles. The molecule has 0 aliphatic carbocycles. The molecule has 0 aromatic heterocycles. The lowest BCUT2D eigenvalue weighted by Crippen LogP contribution is -2.35.